The first kappa shape index (κ1) is 19.3. The van der Waals surface area contributed by atoms with Crippen molar-refractivity contribution >= 4 is 46.6 Å². The van der Waals surface area contributed by atoms with Crippen LogP contribution in [0.1, 0.15) is 18.4 Å². The van der Waals surface area contributed by atoms with Gasteiger partial charge in [0.05, 0.1) is 34.1 Å². The number of thioether (sulfide) groups is 1. The maximum atomic E-state index is 12.3. The lowest BCUT2D eigenvalue weighted by Crippen LogP contribution is -2.25. The highest BCUT2D eigenvalue weighted by Crippen LogP contribution is 2.33. The second-order valence-electron chi connectivity index (χ2n) is 5.95. The van der Waals surface area contributed by atoms with E-state index in [4.69, 9.17) is 27.9 Å². The van der Waals surface area contributed by atoms with E-state index in [2.05, 4.69) is 15.5 Å². The number of rotatable bonds is 6. The van der Waals surface area contributed by atoms with E-state index in [0.29, 0.717) is 34.0 Å². The maximum Gasteiger partial charge on any atom is 0.344 e. The fourth-order valence-corrected chi connectivity index (χ4v) is 3.86. The van der Waals surface area contributed by atoms with E-state index in [1.54, 1.807) is 12.1 Å². The summed E-state index contributed by atoms with van der Waals surface area (Å²) in [5.41, 5.74) is 0.891. The molecule has 1 saturated heterocycles. The van der Waals surface area contributed by atoms with Crippen molar-refractivity contribution in [3.8, 4) is 0 Å². The molecule has 1 aromatic carbocycles. The minimum absolute atomic E-state index is 0.00313. The molecule has 1 aliphatic rings. The van der Waals surface area contributed by atoms with Gasteiger partial charge in [-0.1, -0.05) is 41.0 Å². The Bertz CT molecular complexity index is 862. The predicted octanol–water partition coefficient (Wildman–Crippen LogP) is 3.10. The number of H-pyrrole nitrogens is 1. The van der Waals surface area contributed by atoms with Gasteiger partial charge in [0.15, 0.2) is 5.16 Å². The highest BCUT2D eigenvalue weighted by atomic mass is 35.5. The number of aryl methyl sites for hydroxylation is 1. The molecule has 0 spiro atoms. The average Bonchev–Trinajstić information content (AvgIpc) is 3.25. The van der Waals surface area contributed by atoms with Gasteiger partial charge in [-0.05, 0) is 31.4 Å². The second kappa shape index (κ2) is 8.47. The zero-order chi connectivity index (χ0) is 18.7. The van der Waals surface area contributed by atoms with E-state index in [0.717, 1.165) is 30.2 Å². The predicted molar refractivity (Wildman–Crippen MR) is 102 cm³/mol. The molecular weight excluding hydrogens is 399 g/mol. The topological polar surface area (TPSA) is 89.0 Å². The van der Waals surface area contributed by atoms with Gasteiger partial charge in [-0.15, -0.1) is 5.10 Å². The third kappa shape index (κ3) is 4.43. The number of amides is 1. The molecule has 10 heteroatoms. The number of halogens is 2. The summed E-state index contributed by atoms with van der Waals surface area (Å²) in [7, 11) is 0. The summed E-state index contributed by atoms with van der Waals surface area (Å²) in [5.74, 6) is -0.223. The second-order valence-corrected chi connectivity index (χ2v) is 7.67. The van der Waals surface area contributed by atoms with Gasteiger partial charge in [0.2, 0.25) is 5.91 Å². The molecule has 2 aromatic rings. The summed E-state index contributed by atoms with van der Waals surface area (Å²) < 4.78 is 7.06. The quantitative estimate of drug-likeness (QED) is 0.706. The molecule has 1 atom stereocenters. The molecule has 140 valence electrons. The smallest absolute Gasteiger partial charge is 0.344 e. The van der Waals surface area contributed by atoms with Crippen LogP contribution in [0.3, 0.4) is 0 Å². The summed E-state index contributed by atoms with van der Waals surface area (Å²) in [6.45, 7) is 2.96. The van der Waals surface area contributed by atoms with E-state index in [1.807, 2.05) is 6.92 Å². The number of ether oxygens (including phenoxy) is 1. The van der Waals surface area contributed by atoms with Crippen LogP contribution in [-0.4, -0.2) is 39.1 Å². The molecule has 0 bridgehead atoms. The minimum atomic E-state index is -0.312. The third-order valence-electron chi connectivity index (χ3n) is 4.01. The van der Waals surface area contributed by atoms with Gasteiger partial charge in [-0.2, -0.15) is 0 Å². The van der Waals surface area contributed by atoms with E-state index < -0.39 is 0 Å². The van der Waals surface area contributed by atoms with Crippen LogP contribution in [-0.2, 0) is 16.1 Å². The van der Waals surface area contributed by atoms with Gasteiger partial charge < -0.3 is 10.1 Å². The van der Waals surface area contributed by atoms with Gasteiger partial charge in [0.25, 0.3) is 0 Å². The fourth-order valence-electron chi connectivity index (χ4n) is 2.64. The molecule has 0 unspecified atom stereocenters. The van der Waals surface area contributed by atoms with E-state index >= 15 is 0 Å². The van der Waals surface area contributed by atoms with E-state index in [1.165, 1.54) is 4.57 Å². The molecule has 7 nitrogen and oxygen atoms in total. The maximum absolute atomic E-state index is 12.3. The lowest BCUT2D eigenvalue weighted by molar-refractivity contribution is -0.113. The largest absolute Gasteiger partial charge is 0.376 e. The van der Waals surface area contributed by atoms with Crippen molar-refractivity contribution in [2.24, 2.45) is 0 Å². The summed E-state index contributed by atoms with van der Waals surface area (Å²) in [6.07, 6.45) is 1.90. The summed E-state index contributed by atoms with van der Waals surface area (Å²) >= 11 is 13.5. The van der Waals surface area contributed by atoms with Crippen LogP contribution in [0.2, 0.25) is 10.0 Å². The SMILES string of the molecule is Cc1ccc(Cl)c(NC(=O)CSc2n[nH]c(=O)n2C[C@@H]2CCCO2)c1Cl. The van der Waals surface area contributed by atoms with Crippen molar-refractivity contribution in [1.29, 1.82) is 0 Å². The molecule has 2 N–H and O–H groups in total. The molecule has 0 saturated carbocycles. The monoisotopic (exact) mass is 416 g/mol. The molecule has 26 heavy (non-hydrogen) atoms. The number of benzene rings is 1. The van der Waals surface area contributed by atoms with Gasteiger partial charge in [0, 0.05) is 6.61 Å². The number of anilines is 1. The van der Waals surface area contributed by atoms with Crippen molar-refractivity contribution in [2.75, 3.05) is 17.7 Å². The molecule has 1 aliphatic heterocycles. The van der Waals surface area contributed by atoms with Gasteiger partial charge in [-0.3, -0.25) is 9.36 Å². The number of nitrogens with zero attached hydrogens (tertiary/aromatic N) is 2. The first-order chi connectivity index (χ1) is 12.5. The number of aromatic amines is 1. The number of aromatic nitrogens is 3. The van der Waals surface area contributed by atoms with E-state index in [-0.39, 0.29) is 23.5 Å². The van der Waals surface area contributed by atoms with E-state index in [9.17, 15) is 9.59 Å². The molecule has 1 aromatic heterocycles. The Labute approximate surface area is 164 Å². The lowest BCUT2D eigenvalue weighted by atomic mass is 10.2. The Morgan fingerprint density at radius 2 is 2.31 bits per heavy atom. The van der Waals surface area contributed by atoms with Gasteiger partial charge in [-0.25, -0.2) is 9.89 Å². The number of carbonyl (C=O) groups is 1. The molecule has 0 aliphatic carbocycles. The third-order valence-corrected chi connectivity index (χ3v) is 5.79. The van der Waals surface area contributed by atoms with Crippen LogP contribution in [0.25, 0.3) is 0 Å². The van der Waals surface area contributed by atoms with Crippen molar-refractivity contribution < 1.29 is 9.53 Å². The zero-order valence-corrected chi connectivity index (χ0v) is 16.4. The van der Waals surface area contributed by atoms with Crippen LogP contribution in [0.4, 0.5) is 5.69 Å². The van der Waals surface area contributed by atoms with Crippen molar-refractivity contribution in [3.63, 3.8) is 0 Å². The first-order valence-electron chi connectivity index (χ1n) is 8.09. The Morgan fingerprint density at radius 3 is 3.04 bits per heavy atom. The Morgan fingerprint density at radius 1 is 1.50 bits per heavy atom. The molecule has 2 heterocycles. The highest BCUT2D eigenvalue weighted by Gasteiger charge is 2.20. The average molecular weight is 417 g/mol. The molecule has 3 rings (SSSR count). The summed E-state index contributed by atoms with van der Waals surface area (Å²) in [6, 6.07) is 3.46. The standard InChI is InChI=1S/C16H18Cl2N4O3S/c1-9-4-5-11(17)14(13(9)18)19-12(23)8-26-16-21-20-15(24)22(16)7-10-3-2-6-25-10/h4-5,10H,2-3,6-8H2,1H3,(H,19,23)(H,20,24)/t10-/m0/s1. The Kier molecular flexibility index (Phi) is 6.29. The number of nitrogens with one attached hydrogen (secondary N) is 2. The van der Waals surface area contributed by atoms with Gasteiger partial charge >= 0.3 is 5.69 Å². The Hall–Kier alpha value is -1.48. The summed E-state index contributed by atoms with van der Waals surface area (Å²) in [4.78, 5) is 24.2. The van der Waals surface area contributed by atoms with Crippen LogP contribution in [0, 0.1) is 6.92 Å². The molecule has 1 amide bonds. The van der Waals surface area contributed by atoms with Crippen molar-refractivity contribution in [1.82, 2.24) is 14.8 Å². The molecule has 1 fully saturated rings. The first-order valence-corrected chi connectivity index (χ1v) is 9.84. The number of hydrogen-bond acceptors (Lipinski definition) is 5. The highest BCUT2D eigenvalue weighted by molar-refractivity contribution is 7.99. The summed E-state index contributed by atoms with van der Waals surface area (Å²) in [5, 5.41) is 10.3. The number of carbonyl (C=O) groups excluding carboxylic acids is 1. The van der Waals surface area contributed by atoms with Crippen molar-refractivity contribution in [2.45, 2.75) is 37.6 Å². The van der Waals surface area contributed by atoms with Crippen molar-refractivity contribution in [3.05, 3.63) is 38.2 Å². The molecule has 0 radical (unpaired) electrons. The van der Waals surface area contributed by atoms with Crippen LogP contribution < -0.4 is 11.0 Å². The van der Waals surface area contributed by atoms with Gasteiger partial charge in [0.1, 0.15) is 0 Å². The van der Waals surface area contributed by atoms with Crippen LogP contribution in [0.15, 0.2) is 22.1 Å². The number of hydrogen-bond donors (Lipinski definition) is 2. The molecular formula is C16H18Cl2N4O3S. The fraction of sp³-hybridized carbons (Fsp3) is 0.438. The van der Waals surface area contributed by atoms with Crippen LogP contribution >= 0.6 is 35.0 Å². The normalized spacial score (nSPS) is 16.8. The Balaban J connectivity index is 1.63. The lowest BCUT2D eigenvalue weighted by Gasteiger charge is -2.12. The van der Waals surface area contributed by atoms with Crippen LogP contribution in [0.5, 0.6) is 0 Å². The minimum Gasteiger partial charge on any atom is -0.376 e. The zero-order valence-electron chi connectivity index (χ0n) is 14.1.